The molecule has 0 saturated heterocycles. The molecule has 0 aliphatic heterocycles. The Labute approximate surface area is 88.7 Å². The van der Waals surface area contributed by atoms with Gasteiger partial charge in [0.05, 0.1) is 11.8 Å². The minimum atomic E-state index is 0.423. The number of azide groups is 1. The lowest BCUT2D eigenvalue weighted by Crippen LogP contribution is -1.95. The Bertz CT molecular complexity index is 403. The van der Waals surface area contributed by atoms with Crippen molar-refractivity contribution in [1.82, 2.24) is 9.78 Å². The van der Waals surface area contributed by atoms with Crippen molar-refractivity contribution in [2.45, 2.75) is 26.3 Å². The van der Waals surface area contributed by atoms with Crippen LogP contribution in [0.2, 0.25) is 0 Å². The fourth-order valence-corrected chi connectivity index (χ4v) is 1.09. The number of aromatic nitrogens is 2. The summed E-state index contributed by atoms with van der Waals surface area (Å²) >= 11 is 0. The summed E-state index contributed by atoms with van der Waals surface area (Å²) in [4.78, 5) is 2.65. The first kappa shape index (κ1) is 11.2. The number of nitrogens with zero attached hydrogens (tertiary/aromatic N) is 5. The average Bonchev–Trinajstić information content (AvgIpc) is 2.66. The Balaban J connectivity index is 2.45. The van der Waals surface area contributed by atoms with Gasteiger partial charge in [-0.2, -0.15) is 5.10 Å². The van der Waals surface area contributed by atoms with Crippen LogP contribution in [0, 0.1) is 11.8 Å². The van der Waals surface area contributed by atoms with Crippen molar-refractivity contribution >= 4 is 0 Å². The maximum atomic E-state index is 8.04. The van der Waals surface area contributed by atoms with Crippen LogP contribution in [0.5, 0.6) is 0 Å². The van der Waals surface area contributed by atoms with Crippen molar-refractivity contribution in [3.8, 4) is 11.8 Å². The highest BCUT2D eigenvalue weighted by Gasteiger charge is 1.92. The number of rotatable bonds is 4. The summed E-state index contributed by atoms with van der Waals surface area (Å²) < 4.78 is 1.87. The first-order chi connectivity index (χ1) is 7.36. The van der Waals surface area contributed by atoms with Gasteiger partial charge < -0.3 is 0 Å². The minimum absolute atomic E-state index is 0.423. The van der Waals surface area contributed by atoms with Gasteiger partial charge in [0.25, 0.3) is 0 Å². The van der Waals surface area contributed by atoms with Crippen LogP contribution in [0.25, 0.3) is 10.4 Å². The normalized spacial score (nSPS) is 8.87. The molecular weight excluding hydrogens is 190 g/mol. The summed E-state index contributed by atoms with van der Waals surface area (Å²) in [5.74, 6) is 5.89. The van der Waals surface area contributed by atoms with Crippen LogP contribution in [0.4, 0.5) is 0 Å². The van der Waals surface area contributed by atoms with Crippen LogP contribution in [0.1, 0.15) is 25.3 Å². The Morgan fingerprint density at radius 3 is 3.27 bits per heavy atom. The third-order valence-electron chi connectivity index (χ3n) is 1.72. The first-order valence-corrected chi connectivity index (χ1v) is 4.89. The van der Waals surface area contributed by atoms with Crippen LogP contribution < -0.4 is 0 Å². The summed E-state index contributed by atoms with van der Waals surface area (Å²) in [6.07, 6.45) is 5.31. The van der Waals surface area contributed by atoms with E-state index < -0.39 is 0 Å². The highest BCUT2D eigenvalue weighted by Crippen LogP contribution is 1.96. The second-order valence-electron chi connectivity index (χ2n) is 3.00. The predicted octanol–water partition coefficient (Wildman–Crippen LogP) is 2.34. The smallest absolute Gasteiger partial charge is 0.0646 e. The van der Waals surface area contributed by atoms with Gasteiger partial charge in [-0.3, -0.25) is 4.68 Å². The molecule has 15 heavy (non-hydrogen) atoms. The van der Waals surface area contributed by atoms with E-state index in [9.17, 15) is 0 Å². The first-order valence-electron chi connectivity index (χ1n) is 4.89. The summed E-state index contributed by atoms with van der Waals surface area (Å²) in [6, 6.07) is 0. The molecule has 0 N–H and O–H groups in total. The van der Waals surface area contributed by atoms with Crippen LogP contribution >= 0.6 is 0 Å². The minimum Gasteiger partial charge on any atom is -0.271 e. The Morgan fingerprint density at radius 1 is 1.67 bits per heavy atom. The van der Waals surface area contributed by atoms with E-state index in [2.05, 4.69) is 33.9 Å². The molecule has 0 fully saturated rings. The lowest BCUT2D eigenvalue weighted by atomic mass is 10.3. The van der Waals surface area contributed by atoms with Gasteiger partial charge in [0.2, 0.25) is 0 Å². The van der Waals surface area contributed by atoms with Gasteiger partial charge in [-0.15, -0.1) is 0 Å². The van der Waals surface area contributed by atoms with Gasteiger partial charge in [-0.25, -0.2) is 0 Å². The maximum absolute atomic E-state index is 8.04. The Morgan fingerprint density at radius 2 is 2.53 bits per heavy atom. The lowest BCUT2D eigenvalue weighted by molar-refractivity contribution is 0.602. The molecule has 1 rings (SSSR count). The predicted molar refractivity (Wildman–Crippen MR) is 58.0 cm³/mol. The van der Waals surface area contributed by atoms with Crippen molar-refractivity contribution in [3.63, 3.8) is 0 Å². The molecule has 0 aliphatic carbocycles. The van der Waals surface area contributed by atoms with E-state index in [0.717, 1.165) is 18.5 Å². The molecule has 0 saturated carbocycles. The van der Waals surface area contributed by atoms with Gasteiger partial charge in [0, 0.05) is 30.6 Å². The quantitative estimate of drug-likeness (QED) is 0.243. The fraction of sp³-hybridized carbons (Fsp3) is 0.500. The molecule has 0 spiro atoms. The molecule has 0 atom stereocenters. The van der Waals surface area contributed by atoms with Crippen LogP contribution in [0.15, 0.2) is 17.5 Å². The number of hydrogen-bond acceptors (Lipinski definition) is 2. The van der Waals surface area contributed by atoms with E-state index in [1.807, 2.05) is 10.9 Å². The van der Waals surface area contributed by atoms with Crippen LogP contribution in [0.3, 0.4) is 0 Å². The second-order valence-corrected chi connectivity index (χ2v) is 3.00. The molecule has 5 nitrogen and oxygen atoms in total. The molecule has 1 aromatic heterocycles. The molecule has 1 heterocycles. The zero-order valence-electron chi connectivity index (χ0n) is 8.72. The SMILES string of the molecule is CCCn1cc(C#CCCN=[N+]=[N-])cn1. The third kappa shape index (κ3) is 4.21. The molecule has 0 aromatic carbocycles. The summed E-state index contributed by atoms with van der Waals surface area (Å²) in [7, 11) is 0. The van der Waals surface area contributed by atoms with E-state index in [4.69, 9.17) is 5.53 Å². The zero-order chi connectivity index (χ0) is 10.9. The van der Waals surface area contributed by atoms with E-state index in [1.54, 1.807) is 6.20 Å². The highest BCUT2D eigenvalue weighted by molar-refractivity contribution is 5.29. The van der Waals surface area contributed by atoms with E-state index in [1.165, 1.54) is 0 Å². The van der Waals surface area contributed by atoms with Gasteiger partial charge in [-0.1, -0.05) is 23.9 Å². The van der Waals surface area contributed by atoms with Crippen LogP contribution in [-0.2, 0) is 6.54 Å². The molecule has 5 heteroatoms. The van der Waals surface area contributed by atoms with Gasteiger partial charge in [0.15, 0.2) is 0 Å². The van der Waals surface area contributed by atoms with Crippen molar-refractivity contribution in [2.75, 3.05) is 6.54 Å². The second kappa shape index (κ2) is 6.52. The molecular formula is C10H13N5. The van der Waals surface area contributed by atoms with E-state index >= 15 is 0 Å². The van der Waals surface area contributed by atoms with Crippen molar-refractivity contribution in [2.24, 2.45) is 5.11 Å². The molecule has 0 aliphatic rings. The van der Waals surface area contributed by atoms with E-state index in [0.29, 0.717) is 13.0 Å². The Kier molecular flexibility index (Phi) is 4.85. The fourth-order valence-electron chi connectivity index (χ4n) is 1.09. The van der Waals surface area contributed by atoms with Gasteiger partial charge >= 0.3 is 0 Å². The van der Waals surface area contributed by atoms with Gasteiger partial charge in [0.1, 0.15) is 0 Å². The number of hydrogen-bond donors (Lipinski definition) is 0. The summed E-state index contributed by atoms with van der Waals surface area (Å²) in [5.41, 5.74) is 8.95. The van der Waals surface area contributed by atoms with Crippen molar-refractivity contribution in [1.29, 1.82) is 0 Å². The topological polar surface area (TPSA) is 66.6 Å². The molecule has 78 valence electrons. The monoisotopic (exact) mass is 203 g/mol. The van der Waals surface area contributed by atoms with Crippen molar-refractivity contribution < 1.29 is 0 Å². The van der Waals surface area contributed by atoms with Crippen LogP contribution in [-0.4, -0.2) is 16.3 Å². The molecule has 1 aromatic rings. The lowest BCUT2D eigenvalue weighted by Gasteiger charge is -1.93. The zero-order valence-corrected chi connectivity index (χ0v) is 8.72. The summed E-state index contributed by atoms with van der Waals surface area (Å²) in [6.45, 7) is 3.44. The standard InChI is InChI=1S/C10H13N5/c1-2-7-15-9-10(8-13-15)5-3-4-6-12-14-11/h8-9H,2,4,6-7H2,1H3. The van der Waals surface area contributed by atoms with Gasteiger partial charge in [-0.05, 0) is 12.0 Å². The van der Waals surface area contributed by atoms with E-state index in [-0.39, 0.29) is 0 Å². The summed E-state index contributed by atoms with van der Waals surface area (Å²) in [5, 5.41) is 7.55. The van der Waals surface area contributed by atoms with Crippen molar-refractivity contribution in [3.05, 3.63) is 28.4 Å². The third-order valence-corrected chi connectivity index (χ3v) is 1.72. The molecule has 0 unspecified atom stereocenters. The average molecular weight is 203 g/mol. The molecule has 0 radical (unpaired) electrons. The highest BCUT2D eigenvalue weighted by atomic mass is 15.3. The number of aryl methyl sites for hydroxylation is 1. The maximum Gasteiger partial charge on any atom is 0.0646 e. The Hall–Kier alpha value is -1.92. The largest absolute Gasteiger partial charge is 0.271 e. The molecule has 0 bridgehead atoms. The molecule has 0 amide bonds.